The van der Waals surface area contributed by atoms with Gasteiger partial charge in [-0.25, -0.2) is 9.78 Å². The number of nitrogens with one attached hydrogen (secondary N) is 2. The average Bonchev–Trinajstić information content (AvgIpc) is 3.61. The van der Waals surface area contributed by atoms with Gasteiger partial charge in [0.25, 0.3) is 0 Å². The first-order chi connectivity index (χ1) is 21.8. The van der Waals surface area contributed by atoms with Crippen molar-refractivity contribution < 1.29 is 29.0 Å². The summed E-state index contributed by atoms with van der Waals surface area (Å²) in [5.41, 5.74) is 9.12. The molecule has 0 spiro atoms. The van der Waals surface area contributed by atoms with E-state index in [1.165, 1.54) is 4.90 Å². The number of β-amino-alcohol motifs (C(OH)–C–C–N with tert-alkyl or cyclic N) is 1. The van der Waals surface area contributed by atoms with Crippen LogP contribution in [0.4, 0.5) is 4.79 Å². The van der Waals surface area contributed by atoms with E-state index >= 15 is 0 Å². The van der Waals surface area contributed by atoms with Crippen molar-refractivity contribution in [2.45, 2.75) is 117 Å². The number of likely N-dealkylation sites (tertiary alicyclic amines) is 1. The molecule has 1 aromatic carbocycles. The molecule has 0 saturated carbocycles. The molecule has 254 valence electrons. The van der Waals surface area contributed by atoms with Crippen LogP contribution >= 0.6 is 11.3 Å². The van der Waals surface area contributed by atoms with Crippen molar-refractivity contribution >= 4 is 35.2 Å². The quantitative estimate of drug-likeness (QED) is 0.185. The number of aliphatic hydroxyl groups is 1. The first-order valence-electron chi connectivity index (χ1n) is 16.3. The maximum absolute atomic E-state index is 13.9. The van der Waals surface area contributed by atoms with Crippen LogP contribution in [0, 0.1) is 12.3 Å². The van der Waals surface area contributed by atoms with E-state index in [9.17, 15) is 24.3 Å². The van der Waals surface area contributed by atoms with Crippen LogP contribution in [0.25, 0.3) is 10.4 Å². The summed E-state index contributed by atoms with van der Waals surface area (Å²) in [7, 11) is 0. The molecule has 0 aliphatic carbocycles. The molecule has 4 amide bonds. The Balaban J connectivity index is 1.51. The number of thiazole rings is 1. The van der Waals surface area contributed by atoms with Crippen LogP contribution in [0.15, 0.2) is 29.8 Å². The Morgan fingerprint density at radius 1 is 1.04 bits per heavy atom. The molecule has 1 saturated heterocycles. The number of carbonyl (C=O) groups excluding carboxylic acids is 4. The Bertz CT molecular complexity index is 1310. The van der Waals surface area contributed by atoms with Gasteiger partial charge in [0, 0.05) is 19.4 Å². The fraction of sp³-hybridized carbons (Fsp3) is 0.618. The molecule has 5 N–H and O–H groups in total. The molecule has 0 unspecified atom stereocenters. The molecular weight excluding hydrogens is 606 g/mol. The van der Waals surface area contributed by atoms with E-state index in [4.69, 9.17) is 10.5 Å². The number of aromatic nitrogens is 1. The van der Waals surface area contributed by atoms with Crippen molar-refractivity contribution in [2.24, 2.45) is 11.1 Å². The van der Waals surface area contributed by atoms with E-state index in [1.54, 1.807) is 11.3 Å². The Morgan fingerprint density at radius 2 is 1.67 bits per heavy atom. The van der Waals surface area contributed by atoms with Crippen LogP contribution in [-0.4, -0.2) is 70.1 Å². The highest BCUT2D eigenvalue weighted by atomic mass is 32.1. The molecule has 1 aliphatic rings. The van der Waals surface area contributed by atoms with Gasteiger partial charge in [-0.1, -0.05) is 77.1 Å². The number of hydrogen-bond acceptors (Lipinski definition) is 8. The molecule has 3 rings (SSSR count). The molecule has 46 heavy (non-hydrogen) atoms. The number of aryl methyl sites for hydroxylation is 1. The molecule has 2 aromatic rings. The fourth-order valence-corrected chi connectivity index (χ4v) is 6.50. The number of nitrogens with zero attached hydrogens (tertiary/aromatic N) is 2. The second-order valence-corrected chi connectivity index (χ2v) is 14.1. The van der Waals surface area contributed by atoms with Crippen molar-refractivity contribution in [3.8, 4) is 10.4 Å². The molecule has 4 atom stereocenters. The van der Waals surface area contributed by atoms with E-state index in [0.29, 0.717) is 19.4 Å². The highest BCUT2D eigenvalue weighted by Crippen LogP contribution is 2.29. The van der Waals surface area contributed by atoms with Gasteiger partial charge in [-0.05, 0) is 43.2 Å². The lowest BCUT2D eigenvalue weighted by Crippen LogP contribution is -2.57. The summed E-state index contributed by atoms with van der Waals surface area (Å²) in [4.78, 5) is 57.7. The van der Waals surface area contributed by atoms with Crippen molar-refractivity contribution in [1.29, 1.82) is 0 Å². The first kappa shape index (κ1) is 37.0. The minimum absolute atomic E-state index is 0.0330. The van der Waals surface area contributed by atoms with Crippen molar-refractivity contribution in [3.63, 3.8) is 0 Å². The largest absolute Gasteiger partial charge is 0.450 e. The summed E-state index contributed by atoms with van der Waals surface area (Å²) >= 11 is 1.58. The van der Waals surface area contributed by atoms with E-state index in [2.05, 4.69) is 15.6 Å². The zero-order valence-corrected chi connectivity index (χ0v) is 28.7. The standard InChI is InChI=1S/C34H51N5O6S/c1-22(24-14-16-25(17-15-24)29-23(2)36-21-46-29)37-31(42)27-19-26(40)20-39(27)32(43)30(34(3,4)5)38-28(41)13-11-9-7-6-8-10-12-18-45-33(35)44/h14-17,21-22,26-27,30,40H,6-13,18-20H2,1-5H3,(H2,35,44)(H,37,42)(H,38,41)/t22-,26+,27-,30+/m0/s1. The number of amides is 4. The van der Waals surface area contributed by atoms with Crippen LogP contribution in [0.1, 0.15) is 103 Å². The third kappa shape index (κ3) is 11.1. The maximum atomic E-state index is 13.9. The van der Waals surface area contributed by atoms with Gasteiger partial charge in [0.1, 0.15) is 12.1 Å². The monoisotopic (exact) mass is 657 g/mol. The summed E-state index contributed by atoms with van der Waals surface area (Å²) in [5, 5.41) is 16.5. The molecule has 1 fully saturated rings. The number of rotatable bonds is 16. The lowest BCUT2D eigenvalue weighted by atomic mass is 9.85. The predicted molar refractivity (Wildman–Crippen MR) is 179 cm³/mol. The first-order valence-corrected chi connectivity index (χ1v) is 17.2. The van der Waals surface area contributed by atoms with E-state index < -0.39 is 29.7 Å². The van der Waals surface area contributed by atoms with Gasteiger partial charge in [0.15, 0.2) is 0 Å². The summed E-state index contributed by atoms with van der Waals surface area (Å²) in [6.07, 6.45) is 5.23. The molecular formula is C34H51N5O6S. The topological polar surface area (TPSA) is 164 Å². The highest BCUT2D eigenvalue weighted by molar-refractivity contribution is 7.13. The Labute approximate surface area is 276 Å². The number of nitrogens with two attached hydrogens (primary N) is 1. The summed E-state index contributed by atoms with van der Waals surface area (Å²) in [6, 6.07) is 5.97. The van der Waals surface area contributed by atoms with Gasteiger partial charge >= 0.3 is 6.09 Å². The number of aliphatic hydroxyl groups excluding tert-OH is 1. The molecule has 1 aliphatic heterocycles. The summed E-state index contributed by atoms with van der Waals surface area (Å²) < 4.78 is 4.72. The highest BCUT2D eigenvalue weighted by Gasteiger charge is 2.44. The minimum Gasteiger partial charge on any atom is -0.450 e. The lowest BCUT2D eigenvalue weighted by molar-refractivity contribution is -0.144. The molecule has 1 aromatic heterocycles. The molecule has 0 radical (unpaired) electrons. The van der Waals surface area contributed by atoms with Crippen LogP contribution in [0.2, 0.25) is 0 Å². The Kier molecular flexibility index (Phi) is 14.0. The lowest BCUT2D eigenvalue weighted by Gasteiger charge is -2.35. The second kappa shape index (κ2) is 17.4. The Hall–Kier alpha value is -3.51. The Morgan fingerprint density at radius 3 is 2.26 bits per heavy atom. The van der Waals surface area contributed by atoms with Gasteiger partial charge in [0.2, 0.25) is 17.7 Å². The van der Waals surface area contributed by atoms with Crippen LogP contribution in [0.3, 0.4) is 0 Å². The average molecular weight is 658 g/mol. The number of carbonyl (C=O) groups is 4. The fourth-order valence-electron chi connectivity index (χ4n) is 5.69. The number of primary amides is 1. The predicted octanol–water partition coefficient (Wildman–Crippen LogP) is 5.00. The molecule has 0 bridgehead atoms. The van der Waals surface area contributed by atoms with Crippen LogP contribution < -0.4 is 16.4 Å². The summed E-state index contributed by atoms with van der Waals surface area (Å²) in [5.74, 6) is -0.905. The van der Waals surface area contributed by atoms with Gasteiger partial charge in [-0.3, -0.25) is 14.4 Å². The van der Waals surface area contributed by atoms with Gasteiger partial charge in [-0.2, -0.15) is 0 Å². The molecule has 2 heterocycles. The van der Waals surface area contributed by atoms with Crippen molar-refractivity contribution in [1.82, 2.24) is 20.5 Å². The number of unbranched alkanes of at least 4 members (excludes halogenated alkanes) is 6. The van der Waals surface area contributed by atoms with Gasteiger partial charge < -0.3 is 31.1 Å². The number of hydrogen-bond donors (Lipinski definition) is 4. The van der Waals surface area contributed by atoms with E-state index in [-0.39, 0.29) is 36.7 Å². The van der Waals surface area contributed by atoms with Crippen LogP contribution in [0.5, 0.6) is 0 Å². The zero-order valence-electron chi connectivity index (χ0n) is 27.8. The van der Waals surface area contributed by atoms with Crippen molar-refractivity contribution in [3.05, 3.63) is 41.0 Å². The zero-order chi connectivity index (χ0) is 33.9. The van der Waals surface area contributed by atoms with E-state index in [1.807, 2.05) is 64.4 Å². The number of ether oxygens (including phenoxy) is 1. The second-order valence-electron chi connectivity index (χ2n) is 13.3. The van der Waals surface area contributed by atoms with Crippen molar-refractivity contribution in [2.75, 3.05) is 13.2 Å². The third-order valence-electron chi connectivity index (χ3n) is 8.35. The molecule has 12 heteroatoms. The maximum Gasteiger partial charge on any atom is 0.404 e. The SMILES string of the molecule is Cc1ncsc1-c1ccc([C@H](C)NC(=O)[C@@H]2C[C@@H](O)CN2C(=O)[C@@H](NC(=O)CCCCCCCCCOC(N)=O)C(C)(C)C)cc1. The van der Waals surface area contributed by atoms with Gasteiger partial charge in [-0.15, -0.1) is 11.3 Å². The molecule has 11 nitrogen and oxygen atoms in total. The third-order valence-corrected chi connectivity index (χ3v) is 9.33. The normalized spacial score (nSPS) is 17.7. The number of benzene rings is 1. The van der Waals surface area contributed by atoms with E-state index in [0.717, 1.165) is 60.2 Å². The minimum atomic E-state index is -0.844. The smallest absolute Gasteiger partial charge is 0.404 e. The summed E-state index contributed by atoms with van der Waals surface area (Å²) in [6.45, 7) is 9.88. The van der Waals surface area contributed by atoms with Crippen LogP contribution in [-0.2, 0) is 19.1 Å². The van der Waals surface area contributed by atoms with Gasteiger partial charge in [0.05, 0.1) is 34.8 Å².